The first-order valence-electron chi connectivity index (χ1n) is 6.45. The summed E-state index contributed by atoms with van der Waals surface area (Å²) in [6, 6.07) is 1.73. The molecular weight excluding hydrogens is 252 g/mol. The number of nitrogens with zero attached hydrogens (tertiary/aromatic N) is 2. The fraction of sp³-hybridized carbons (Fsp3) is 0.615. The number of aromatic nitrogens is 1. The molecule has 1 aromatic heterocycles. The van der Waals surface area contributed by atoms with E-state index in [0.717, 1.165) is 13.0 Å². The molecule has 5 heteroatoms. The van der Waals surface area contributed by atoms with Crippen molar-refractivity contribution in [3.05, 3.63) is 23.0 Å². The minimum atomic E-state index is -0.264. The van der Waals surface area contributed by atoms with E-state index >= 15 is 0 Å². The predicted octanol–water partition coefficient (Wildman–Crippen LogP) is 2.15. The van der Waals surface area contributed by atoms with Gasteiger partial charge in [-0.25, -0.2) is 0 Å². The van der Waals surface area contributed by atoms with E-state index in [9.17, 15) is 9.90 Å². The minimum Gasteiger partial charge on any atom is -0.393 e. The zero-order valence-corrected chi connectivity index (χ0v) is 11.4. The van der Waals surface area contributed by atoms with Crippen molar-refractivity contribution in [3.8, 4) is 0 Å². The number of hydrogen-bond donors (Lipinski definition) is 1. The second-order valence-corrected chi connectivity index (χ2v) is 5.20. The summed E-state index contributed by atoms with van der Waals surface area (Å²) in [5, 5.41) is 10.1. The Labute approximate surface area is 112 Å². The number of hydrogen-bond acceptors (Lipinski definition) is 2. The highest BCUT2D eigenvalue weighted by Gasteiger charge is 2.24. The number of likely N-dealkylation sites (tertiary alicyclic amines) is 1. The maximum absolute atomic E-state index is 12.4. The van der Waals surface area contributed by atoms with Gasteiger partial charge in [-0.05, 0) is 25.3 Å². The van der Waals surface area contributed by atoms with Gasteiger partial charge < -0.3 is 14.6 Å². The van der Waals surface area contributed by atoms with Gasteiger partial charge in [0, 0.05) is 25.8 Å². The molecule has 2 heterocycles. The van der Waals surface area contributed by atoms with Crippen LogP contribution in [0.5, 0.6) is 0 Å². The monoisotopic (exact) mass is 270 g/mol. The van der Waals surface area contributed by atoms with E-state index in [-0.39, 0.29) is 12.0 Å². The summed E-state index contributed by atoms with van der Waals surface area (Å²) in [6.45, 7) is 4.10. The second-order valence-electron chi connectivity index (χ2n) is 4.76. The SMILES string of the molecule is CCCn1cc(Cl)cc1C(=O)N1CCC(O)CC1. The lowest BCUT2D eigenvalue weighted by Crippen LogP contribution is -2.40. The largest absolute Gasteiger partial charge is 0.393 e. The molecule has 1 N–H and O–H groups in total. The summed E-state index contributed by atoms with van der Waals surface area (Å²) in [6.07, 6.45) is 3.82. The van der Waals surface area contributed by atoms with Crippen molar-refractivity contribution in [2.45, 2.75) is 38.8 Å². The lowest BCUT2D eigenvalue weighted by atomic mass is 10.1. The molecule has 1 aliphatic heterocycles. The van der Waals surface area contributed by atoms with Crippen LogP contribution in [0, 0.1) is 0 Å². The number of halogens is 1. The van der Waals surface area contributed by atoms with Gasteiger partial charge in [0.25, 0.3) is 5.91 Å². The summed E-state index contributed by atoms with van der Waals surface area (Å²) in [7, 11) is 0. The quantitative estimate of drug-likeness (QED) is 0.915. The van der Waals surface area contributed by atoms with Crippen molar-refractivity contribution < 1.29 is 9.90 Å². The molecular formula is C13H19ClN2O2. The van der Waals surface area contributed by atoms with E-state index in [2.05, 4.69) is 6.92 Å². The van der Waals surface area contributed by atoms with E-state index in [1.54, 1.807) is 17.2 Å². The summed E-state index contributed by atoms with van der Waals surface area (Å²) in [5.74, 6) is 0.0160. The summed E-state index contributed by atoms with van der Waals surface area (Å²) >= 11 is 5.98. The molecule has 100 valence electrons. The standard InChI is InChI=1S/C13H19ClN2O2/c1-2-5-16-9-10(14)8-12(16)13(18)15-6-3-11(17)4-7-15/h8-9,11,17H,2-7H2,1H3. The highest BCUT2D eigenvalue weighted by Crippen LogP contribution is 2.19. The molecule has 1 aromatic rings. The first kappa shape index (κ1) is 13.4. The summed E-state index contributed by atoms with van der Waals surface area (Å²) in [5.41, 5.74) is 0.651. The van der Waals surface area contributed by atoms with Crippen LogP contribution >= 0.6 is 11.6 Å². The van der Waals surface area contributed by atoms with Crippen molar-refractivity contribution in [2.75, 3.05) is 13.1 Å². The number of carbonyl (C=O) groups excluding carboxylic acids is 1. The van der Waals surface area contributed by atoms with Gasteiger partial charge in [-0.1, -0.05) is 18.5 Å². The van der Waals surface area contributed by atoms with Crippen LogP contribution in [0.15, 0.2) is 12.3 Å². The maximum atomic E-state index is 12.4. The van der Waals surface area contributed by atoms with E-state index in [0.29, 0.717) is 36.6 Å². The van der Waals surface area contributed by atoms with Crippen LogP contribution in [0.4, 0.5) is 0 Å². The van der Waals surface area contributed by atoms with Gasteiger partial charge in [0.05, 0.1) is 11.1 Å². The Bertz CT molecular complexity index is 423. The molecule has 2 rings (SSSR count). The van der Waals surface area contributed by atoms with Crippen LogP contribution in [0.3, 0.4) is 0 Å². The lowest BCUT2D eigenvalue weighted by molar-refractivity contribution is 0.0537. The molecule has 1 saturated heterocycles. The average molecular weight is 271 g/mol. The van der Waals surface area contributed by atoms with Crippen molar-refractivity contribution in [2.24, 2.45) is 0 Å². The smallest absolute Gasteiger partial charge is 0.270 e. The van der Waals surface area contributed by atoms with Crippen molar-refractivity contribution >= 4 is 17.5 Å². The molecule has 1 amide bonds. The maximum Gasteiger partial charge on any atom is 0.270 e. The topological polar surface area (TPSA) is 45.5 Å². The molecule has 4 nitrogen and oxygen atoms in total. The number of aliphatic hydroxyl groups is 1. The first-order chi connectivity index (χ1) is 8.61. The number of carbonyl (C=O) groups is 1. The lowest BCUT2D eigenvalue weighted by Gasteiger charge is -2.29. The van der Waals surface area contributed by atoms with Crippen molar-refractivity contribution in [1.29, 1.82) is 0 Å². The molecule has 0 aromatic carbocycles. The van der Waals surface area contributed by atoms with Crippen LogP contribution in [0.2, 0.25) is 5.02 Å². The van der Waals surface area contributed by atoms with Gasteiger partial charge in [0.1, 0.15) is 5.69 Å². The van der Waals surface area contributed by atoms with Crippen LogP contribution in [-0.4, -0.2) is 39.7 Å². The van der Waals surface area contributed by atoms with E-state index in [1.807, 2.05) is 4.57 Å². The second kappa shape index (κ2) is 5.76. The summed E-state index contributed by atoms with van der Waals surface area (Å²) < 4.78 is 1.91. The zero-order valence-electron chi connectivity index (χ0n) is 10.6. The van der Waals surface area contributed by atoms with Crippen LogP contribution in [0.25, 0.3) is 0 Å². The number of aryl methyl sites for hydroxylation is 1. The Morgan fingerprint density at radius 2 is 2.17 bits per heavy atom. The molecule has 0 unspecified atom stereocenters. The average Bonchev–Trinajstić information content (AvgIpc) is 2.71. The number of rotatable bonds is 3. The number of amides is 1. The molecule has 0 radical (unpaired) electrons. The Hall–Kier alpha value is -1.00. The molecule has 0 saturated carbocycles. The van der Waals surface area contributed by atoms with Crippen LogP contribution in [-0.2, 0) is 6.54 Å². The van der Waals surface area contributed by atoms with Gasteiger partial charge in [-0.2, -0.15) is 0 Å². The van der Waals surface area contributed by atoms with Gasteiger partial charge in [-0.3, -0.25) is 4.79 Å². The van der Waals surface area contributed by atoms with Gasteiger partial charge in [0.15, 0.2) is 0 Å². The van der Waals surface area contributed by atoms with Crippen LogP contribution in [0.1, 0.15) is 36.7 Å². The first-order valence-corrected chi connectivity index (χ1v) is 6.82. The minimum absolute atomic E-state index is 0.0160. The number of aliphatic hydroxyl groups excluding tert-OH is 1. The molecule has 1 fully saturated rings. The molecule has 1 aliphatic rings. The Morgan fingerprint density at radius 3 is 2.78 bits per heavy atom. The fourth-order valence-electron chi connectivity index (χ4n) is 2.31. The molecule has 18 heavy (non-hydrogen) atoms. The normalized spacial score (nSPS) is 17.2. The highest BCUT2D eigenvalue weighted by molar-refractivity contribution is 6.31. The third kappa shape index (κ3) is 2.87. The molecule has 0 aliphatic carbocycles. The van der Waals surface area contributed by atoms with E-state index in [1.165, 1.54) is 0 Å². The highest BCUT2D eigenvalue weighted by atomic mass is 35.5. The summed E-state index contributed by atoms with van der Waals surface area (Å²) in [4.78, 5) is 14.2. The third-order valence-corrected chi connectivity index (χ3v) is 3.51. The Morgan fingerprint density at radius 1 is 1.50 bits per heavy atom. The Balaban J connectivity index is 2.12. The third-order valence-electron chi connectivity index (χ3n) is 3.30. The predicted molar refractivity (Wildman–Crippen MR) is 70.9 cm³/mol. The van der Waals surface area contributed by atoms with Gasteiger partial charge in [0.2, 0.25) is 0 Å². The molecule has 0 bridgehead atoms. The molecule has 0 spiro atoms. The van der Waals surface area contributed by atoms with E-state index in [4.69, 9.17) is 11.6 Å². The Kier molecular flexibility index (Phi) is 4.30. The van der Waals surface area contributed by atoms with Crippen molar-refractivity contribution in [3.63, 3.8) is 0 Å². The van der Waals surface area contributed by atoms with Gasteiger partial charge >= 0.3 is 0 Å². The van der Waals surface area contributed by atoms with Crippen LogP contribution < -0.4 is 0 Å². The van der Waals surface area contributed by atoms with E-state index < -0.39 is 0 Å². The fourth-order valence-corrected chi connectivity index (χ4v) is 2.53. The molecule has 0 atom stereocenters. The zero-order chi connectivity index (χ0) is 13.1. The van der Waals surface area contributed by atoms with Gasteiger partial charge in [-0.15, -0.1) is 0 Å². The number of piperidine rings is 1. The van der Waals surface area contributed by atoms with Crippen molar-refractivity contribution in [1.82, 2.24) is 9.47 Å².